The molecule has 3 rings (SSSR count). The van der Waals surface area contributed by atoms with E-state index in [-0.39, 0.29) is 27.0 Å². The maximum atomic E-state index is 11.5. The molecular formula is C18H17N3O7S2. The summed E-state index contributed by atoms with van der Waals surface area (Å²) in [7, 11) is -4.53. The van der Waals surface area contributed by atoms with E-state index in [1.165, 1.54) is 6.07 Å². The zero-order valence-corrected chi connectivity index (χ0v) is 17.4. The third-order valence-electron chi connectivity index (χ3n) is 4.22. The first-order valence-electron chi connectivity index (χ1n) is 8.32. The van der Waals surface area contributed by atoms with Gasteiger partial charge >= 0.3 is 0 Å². The number of anilines is 1. The van der Waals surface area contributed by atoms with E-state index in [0.29, 0.717) is 17.7 Å². The highest BCUT2D eigenvalue weighted by Gasteiger charge is 2.20. The molecule has 0 amide bonds. The molecular weight excluding hydrogens is 434 g/mol. The second kappa shape index (κ2) is 8.55. The number of azo groups is 1. The topological polar surface area (TPSA) is 164 Å². The second-order valence-electron chi connectivity index (χ2n) is 6.37. The number of phenolic OH excluding ortho intramolecular Hbond substituents is 1. The molecule has 0 saturated heterocycles. The number of aromatic hydroxyl groups is 1. The SMILES string of the molecule is Cc1ccc(N=Nc2c(SOOO)cc3cc(S(=O)(=O)O)cc(N)c3c2O)c(C)c1. The molecule has 10 nitrogen and oxygen atoms in total. The Kier molecular flexibility index (Phi) is 6.26. The molecule has 30 heavy (non-hydrogen) atoms. The summed E-state index contributed by atoms with van der Waals surface area (Å²) in [5.41, 5.74) is 8.24. The van der Waals surface area contributed by atoms with Gasteiger partial charge in [-0.25, -0.2) is 5.26 Å². The molecule has 0 aliphatic heterocycles. The van der Waals surface area contributed by atoms with Crippen LogP contribution in [0.2, 0.25) is 0 Å². The van der Waals surface area contributed by atoms with Gasteiger partial charge in [0.1, 0.15) is 5.69 Å². The Morgan fingerprint density at radius 1 is 1.10 bits per heavy atom. The number of fused-ring (bicyclic) bond motifs is 1. The number of benzene rings is 3. The van der Waals surface area contributed by atoms with E-state index in [4.69, 9.17) is 11.0 Å². The van der Waals surface area contributed by atoms with E-state index < -0.39 is 20.8 Å². The lowest BCUT2D eigenvalue weighted by molar-refractivity contribution is -0.432. The van der Waals surface area contributed by atoms with Crippen LogP contribution in [0.15, 0.2) is 56.4 Å². The van der Waals surface area contributed by atoms with Crippen LogP contribution in [0.3, 0.4) is 0 Å². The van der Waals surface area contributed by atoms with Crippen LogP contribution < -0.4 is 5.73 Å². The molecule has 0 atom stereocenters. The number of nitrogen functional groups attached to an aromatic ring is 1. The fourth-order valence-corrected chi connectivity index (χ4v) is 3.92. The normalized spacial score (nSPS) is 12.1. The third kappa shape index (κ3) is 4.53. The summed E-state index contributed by atoms with van der Waals surface area (Å²) < 4.78 is 36.7. The van der Waals surface area contributed by atoms with Gasteiger partial charge in [0.25, 0.3) is 10.1 Å². The van der Waals surface area contributed by atoms with Crippen molar-refractivity contribution < 1.29 is 32.7 Å². The van der Waals surface area contributed by atoms with Crippen molar-refractivity contribution >= 4 is 50.0 Å². The van der Waals surface area contributed by atoms with Crippen molar-refractivity contribution in [3.63, 3.8) is 0 Å². The van der Waals surface area contributed by atoms with Crippen molar-refractivity contribution in [2.75, 3.05) is 5.73 Å². The quantitative estimate of drug-likeness (QED) is 0.102. The van der Waals surface area contributed by atoms with Crippen molar-refractivity contribution in [2.24, 2.45) is 10.2 Å². The van der Waals surface area contributed by atoms with Crippen LogP contribution in [0.1, 0.15) is 11.1 Å². The number of rotatable bonds is 6. The number of aryl methyl sites for hydroxylation is 2. The smallest absolute Gasteiger partial charge is 0.294 e. The summed E-state index contributed by atoms with van der Waals surface area (Å²) in [6, 6.07) is 9.06. The number of phenols is 1. The summed E-state index contributed by atoms with van der Waals surface area (Å²) in [6.07, 6.45) is 0. The summed E-state index contributed by atoms with van der Waals surface area (Å²) in [5.74, 6) is -0.399. The van der Waals surface area contributed by atoms with Crippen LogP contribution in [-0.2, 0) is 19.5 Å². The minimum absolute atomic E-state index is 0.0455. The van der Waals surface area contributed by atoms with Gasteiger partial charge < -0.3 is 10.8 Å². The second-order valence-corrected chi connectivity index (χ2v) is 8.54. The van der Waals surface area contributed by atoms with Gasteiger partial charge in [0, 0.05) is 11.1 Å². The molecule has 0 unspecified atom stereocenters. The maximum absolute atomic E-state index is 11.5. The van der Waals surface area contributed by atoms with Crippen LogP contribution in [0.4, 0.5) is 17.1 Å². The highest BCUT2D eigenvalue weighted by atomic mass is 32.2. The van der Waals surface area contributed by atoms with Crippen LogP contribution in [0.5, 0.6) is 5.75 Å². The van der Waals surface area contributed by atoms with E-state index in [0.717, 1.165) is 23.3 Å². The predicted molar refractivity (Wildman–Crippen MR) is 111 cm³/mol. The van der Waals surface area contributed by atoms with Crippen LogP contribution in [-0.4, -0.2) is 23.3 Å². The van der Waals surface area contributed by atoms with Crippen molar-refractivity contribution in [1.82, 2.24) is 0 Å². The molecule has 5 N–H and O–H groups in total. The molecule has 3 aromatic carbocycles. The molecule has 0 bridgehead atoms. The number of nitrogens with zero attached hydrogens (tertiary/aromatic N) is 2. The third-order valence-corrected chi connectivity index (χ3v) is 5.67. The minimum Gasteiger partial charge on any atom is -0.505 e. The molecule has 0 fully saturated rings. The molecule has 0 radical (unpaired) electrons. The van der Waals surface area contributed by atoms with Gasteiger partial charge in [-0.05, 0) is 49.1 Å². The lowest BCUT2D eigenvalue weighted by atomic mass is 10.1. The van der Waals surface area contributed by atoms with Crippen molar-refractivity contribution in [3.8, 4) is 5.75 Å². The van der Waals surface area contributed by atoms with Crippen LogP contribution >= 0.6 is 12.0 Å². The van der Waals surface area contributed by atoms with Crippen molar-refractivity contribution in [1.29, 1.82) is 0 Å². The summed E-state index contributed by atoms with van der Waals surface area (Å²) in [4.78, 5) is -0.318. The standard InChI is InChI=1S/C18H17N3O7S2/c1-9-3-4-14(10(2)5-9)20-21-17-15(29-28-27-23)7-11-6-12(30(24,25)26)8-13(19)16(11)18(17)22/h3-8,22-23H,19H2,1-2H3,(H,24,25,26). The number of hydrogen-bond donors (Lipinski definition) is 4. The van der Waals surface area contributed by atoms with Gasteiger partial charge in [-0.15, -0.1) is 9.45 Å². The molecule has 0 saturated carbocycles. The highest BCUT2D eigenvalue weighted by molar-refractivity contribution is 7.94. The van der Waals surface area contributed by atoms with Gasteiger partial charge in [0.15, 0.2) is 5.75 Å². The lowest BCUT2D eigenvalue weighted by Gasteiger charge is -2.12. The first-order chi connectivity index (χ1) is 14.1. The van der Waals surface area contributed by atoms with Crippen molar-refractivity contribution in [3.05, 3.63) is 47.5 Å². The minimum atomic E-state index is -4.53. The zero-order valence-electron chi connectivity index (χ0n) is 15.7. The Morgan fingerprint density at radius 2 is 1.83 bits per heavy atom. The molecule has 12 heteroatoms. The monoisotopic (exact) mass is 451 g/mol. The van der Waals surface area contributed by atoms with Crippen LogP contribution in [0.25, 0.3) is 10.8 Å². The fraction of sp³-hybridized carbons (Fsp3) is 0.111. The zero-order chi connectivity index (χ0) is 22.1. The largest absolute Gasteiger partial charge is 0.505 e. The van der Waals surface area contributed by atoms with Gasteiger partial charge in [-0.1, -0.05) is 22.7 Å². The van der Waals surface area contributed by atoms with Gasteiger partial charge in [-0.2, -0.15) is 13.5 Å². The molecule has 0 aliphatic rings. The number of hydrogen-bond acceptors (Lipinski definition) is 10. The molecule has 0 aromatic heterocycles. The molecule has 0 heterocycles. The van der Waals surface area contributed by atoms with E-state index in [1.54, 1.807) is 6.07 Å². The average Bonchev–Trinajstić information content (AvgIpc) is 2.65. The molecule has 0 spiro atoms. The molecule has 158 valence electrons. The van der Waals surface area contributed by atoms with Crippen LogP contribution in [0, 0.1) is 13.8 Å². The van der Waals surface area contributed by atoms with E-state index in [9.17, 15) is 18.1 Å². The summed E-state index contributed by atoms with van der Waals surface area (Å²) in [5, 5.41) is 31.4. The summed E-state index contributed by atoms with van der Waals surface area (Å²) >= 11 is 0.498. The van der Waals surface area contributed by atoms with Gasteiger partial charge in [-0.3, -0.25) is 4.55 Å². The summed E-state index contributed by atoms with van der Waals surface area (Å²) in [6.45, 7) is 3.79. The number of nitrogens with two attached hydrogens (primary N) is 1. The Bertz CT molecular complexity index is 1260. The van der Waals surface area contributed by atoms with E-state index in [2.05, 4.69) is 19.6 Å². The first-order valence-corrected chi connectivity index (χ1v) is 10.5. The first kappa shape index (κ1) is 22.0. The maximum Gasteiger partial charge on any atom is 0.294 e. The fourth-order valence-electron chi connectivity index (χ4n) is 2.87. The molecule has 3 aromatic rings. The Hall–Kier alpha value is -2.74. The Balaban J connectivity index is 2.22. The van der Waals surface area contributed by atoms with Crippen molar-refractivity contribution in [2.45, 2.75) is 23.6 Å². The predicted octanol–water partition coefficient (Wildman–Crippen LogP) is 4.83. The molecule has 0 aliphatic carbocycles. The Morgan fingerprint density at radius 3 is 2.47 bits per heavy atom. The average molecular weight is 451 g/mol. The van der Waals surface area contributed by atoms with E-state index >= 15 is 0 Å². The highest BCUT2D eigenvalue weighted by Crippen LogP contribution is 2.46. The van der Waals surface area contributed by atoms with Gasteiger partial charge in [0.2, 0.25) is 0 Å². The Labute approximate surface area is 175 Å². The van der Waals surface area contributed by atoms with Gasteiger partial charge in [0.05, 0.1) is 27.5 Å². The lowest BCUT2D eigenvalue weighted by Crippen LogP contribution is -2.00. The van der Waals surface area contributed by atoms with E-state index in [1.807, 2.05) is 26.0 Å².